The first-order valence-electron chi connectivity index (χ1n) is 9.89. The van der Waals surface area contributed by atoms with Crippen molar-refractivity contribution in [1.82, 2.24) is 9.80 Å². The molecule has 0 aliphatic carbocycles. The molecule has 29 heavy (non-hydrogen) atoms. The minimum Gasteiger partial charge on any atom is -0.444 e. The van der Waals surface area contributed by atoms with Crippen LogP contribution in [0.3, 0.4) is 0 Å². The molecule has 2 aliphatic rings. The van der Waals surface area contributed by atoms with E-state index >= 15 is 0 Å². The van der Waals surface area contributed by atoms with E-state index in [0.717, 1.165) is 6.07 Å². The number of morpholine rings is 1. The average molecular weight is 410 g/mol. The van der Waals surface area contributed by atoms with E-state index < -0.39 is 28.7 Å². The Balaban J connectivity index is 1.70. The summed E-state index contributed by atoms with van der Waals surface area (Å²) in [6.07, 6.45) is 0.446. The third kappa shape index (κ3) is 4.86. The first-order valence-corrected chi connectivity index (χ1v) is 9.89. The molecule has 1 unspecified atom stereocenters. The fourth-order valence-corrected chi connectivity index (χ4v) is 3.92. The van der Waals surface area contributed by atoms with E-state index in [1.165, 1.54) is 17.0 Å². The summed E-state index contributed by atoms with van der Waals surface area (Å²) >= 11 is 0. The van der Waals surface area contributed by atoms with E-state index in [4.69, 9.17) is 9.47 Å². The highest BCUT2D eigenvalue weighted by Gasteiger charge is 2.44. The van der Waals surface area contributed by atoms with Crippen LogP contribution in [0, 0.1) is 11.6 Å². The summed E-state index contributed by atoms with van der Waals surface area (Å²) in [7, 11) is 0. The van der Waals surface area contributed by atoms with Crippen LogP contribution in [0.2, 0.25) is 0 Å². The lowest BCUT2D eigenvalue weighted by atomic mass is 9.88. The maximum atomic E-state index is 14.1. The lowest BCUT2D eigenvalue weighted by molar-refractivity contribution is -0.160. The number of piperidine rings is 1. The van der Waals surface area contributed by atoms with Crippen LogP contribution in [-0.2, 0) is 9.47 Å². The zero-order valence-electron chi connectivity index (χ0n) is 17.3. The first-order chi connectivity index (χ1) is 13.5. The summed E-state index contributed by atoms with van der Waals surface area (Å²) in [6, 6.07) is 3.60. The maximum Gasteiger partial charge on any atom is 0.410 e. The number of rotatable bonds is 1. The van der Waals surface area contributed by atoms with Gasteiger partial charge >= 0.3 is 6.09 Å². The molecule has 1 atom stereocenters. The molecular formula is C21H28F2N2O4. The molecule has 160 valence electrons. The van der Waals surface area contributed by atoms with Crippen LogP contribution in [0.4, 0.5) is 13.6 Å². The van der Waals surface area contributed by atoms with Crippen molar-refractivity contribution in [2.45, 2.75) is 57.8 Å². The minimum atomic E-state index is -1.13. The van der Waals surface area contributed by atoms with Gasteiger partial charge in [0, 0.05) is 19.6 Å². The number of nitrogens with zero attached hydrogens (tertiary/aromatic N) is 2. The summed E-state index contributed by atoms with van der Waals surface area (Å²) in [4.78, 5) is 28.3. The number of ether oxygens (including phenoxy) is 2. The van der Waals surface area contributed by atoms with Crippen molar-refractivity contribution in [1.29, 1.82) is 0 Å². The van der Waals surface area contributed by atoms with Crippen LogP contribution in [0.5, 0.6) is 0 Å². The molecule has 0 bridgehead atoms. The number of hydrogen-bond donors (Lipinski definition) is 0. The largest absolute Gasteiger partial charge is 0.444 e. The second-order valence-corrected chi connectivity index (χ2v) is 8.87. The second-order valence-electron chi connectivity index (χ2n) is 8.87. The van der Waals surface area contributed by atoms with Crippen LogP contribution < -0.4 is 0 Å². The van der Waals surface area contributed by atoms with Crippen molar-refractivity contribution in [3.8, 4) is 0 Å². The molecule has 0 saturated carbocycles. The molecule has 2 aliphatic heterocycles. The predicted molar refractivity (Wildman–Crippen MR) is 103 cm³/mol. The zero-order chi connectivity index (χ0) is 21.4. The van der Waals surface area contributed by atoms with Crippen molar-refractivity contribution < 1.29 is 27.8 Å². The molecule has 0 radical (unpaired) electrons. The Morgan fingerprint density at radius 1 is 1.17 bits per heavy atom. The Hall–Kier alpha value is -2.22. The van der Waals surface area contributed by atoms with Gasteiger partial charge in [0.15, 0.2) is 11.6 Å². The third-order valence-electron chi connectivity index (χ3n) is 5.20. The molecule has 2 fully saturated rings. The molecule has 8 heteroatoms. The fourth-order valence-electron chi connectivity index (χ4n) is 3.92. The van der Waals surface area contributed by atoms with Gasteiger partial charge in [-0.3, -0.25) is 4.79 Å². The molecule has 1 aromatic rings. The highest BCUT2D eigenvalue weighted by molar-refractivity contribution is 5.94. The van der Waals surface area contributed by atoms with E-state index in [1.54, 1.807) is 4.90 Å². The van der Waals surface area contributed by atoms with Gasteiger partial charge in [0.05, 0.1) is 23.8 Å². The maximum absolute atomic E-state index is 14.1. The van der Waals surface area contributed by atoms with Crippen molar-refractivity contribution in [2.24, 2.45) is 0 Å². The lowest BCUT2D eigenvalue weighted by Crippen LogP contribution is -2.60. The summed E-state index contributed by atoms with van der Waals surface area (Å²) < 4.78 is 39.2. The average Bonchev–Trinajstić information content (AvgIpc) is 2.62. The zero-order valence-corrected chi connectivity index (χ0v) is 17.3. The monoisotopic (exact) mass is 410 g/mol. The summed E-state index contributed by atoms with van der Waals surface area (Å²) in [6.45, 7) is 8.76. The standard InChI is InChI=1S/C21H28F2N2O4/c1-14-12-25(18(26)15-6-5-7-16(22)17(15)23)13-21(28-14)8-10-24(11-9-21)19(27)29-20(2,3)4/h5-7,14H,8-13H2,1-4H3. The fraction of sp³-hybridized carbons (Fsp3) is 0.619. The Morgan fingerprint density at radius 3 is 2.45 bits per heavy atom. The van der Waals surface area contributed by atoms with Gasteiger partial charge in [-0.05, 0) is 52.7 Å². The van der Waals surface area contributed by atoms with E-state index in [-0.39, 0.29) is 24.3 Å². The highest BCUT2D eigenvalue weighted by Crippen LogP contribution is 2.33. The van der Waals surface area contributed by atoms with Gasteiger partial charge in [-0.1, -0.05) is 6.07 Å². The second kappa shape index (κ2) is 7.89. The Labute approximate surface area is 169 Å². The van der Waals surface area contributed by atoms with Crippen LogP contribution >= 0.6 is 0 Å². The molecular weight excluding hydrogens is 382 g/mol. The van der Waals surface area contributed by atoms with E-state index in [1.807, 2.05) is 27.7 Å². The van der Waals surface area contributed by atoms with Crippen molar-refractivity contribution in [2.75, 3.05) is 26.2 Å². The van der Waals surface area contributed by atoms with E-state index in [2.05, 4.69) is 0 Å². The quantitative estimate of drug-likeness (QED) is 0.710. The summed E-state index contributed by atoms with van der Waals surface area (Å²) in [5.74, 6) is -2.73. The smallest absolute Gasteiger partial charge is 0.410 e. The molecule has 2 amide bonds. The summed E-state index contributed by atoms with van der Waals surface area (Å²) in [5, 5.41) is 0. The summed E-state index contributed by atoms with van der Waals surface area (Å²) in [5.41, 5.74) is -1.46. The van der Waals surface area contributed by atoms with Crippen LogP contribution in [-0.4, -0.2) is 65.3 Å². The third-order valence-corrected chi connectivity index (χ3v) is 5.20. The minimum absolute atomic E-state index is 0.252. The topological polar surface area (TPSA) is 59.1 Å². The number of likely N-dealkylation sites (tertiary alicyclic amines) is 1. The van der Waals surface area contributed by atoms with Crippen molar-refractivity contribution >= 4 is 12.0 Å². The number of carbonyl (C=O) groups excluding carboxylic acids is 2. The predicted octanol–water partition coefficient (Wildman–Crippen LogP) is 3.60. The van der Waals surface area contributed by atoms with Gasteiger partial charge in [-0.2, -0.15) is 0 Å². The lowest BCUT2D eigenvalue weighted by Gasteiger charge is -2.49. The van der Waals surface area contributed by atoms with E-state index in [9.17, 15) is 18.4 Å². The van der Waals surface area contributed by atoms with Crippen molar-refractivity contribution in [3.63, 3.8) is 0 Å². The number of hydrogen-bond acceptors (Lipinski definition) is 4. The van der Waals surface area contributed by atoms with Gasteiger partial charge in [0.25, 0.3) is 5.91 Å². The number of amides is 2. The van der Waals surface area contributed by atoms with Crippen LogP contribution in [0.25, 0.3) is 0 Å². The molecule has 2 saturated heterocycles. The Bertz CT molecular complexity index is 785. The number of carbonyl (C=O) groups is 2. The Morgan fingerprint density at radius 2 is 1.83 bits per heavy atom. The number of halogens is 2. The first kappa shape index (κ1) is 21.5. The molecule has 2 heterocycles. The normalized spacial score (nSPS) is 21.9. The molecule has 0 N–H and O–H groups in total. The van der Waals surface area contributed by atoms with Gasteiger partial charge in [-0.25, -0.2) is 13.6 Å². The SMILES string of the molecule is CC1CN(C(=O)c2cccc(F)c2F)CC2(CCN(C(=O)OC(C)(C)C)CC2)O1. The van der Waals surface area contributed by atoms with Gasteiger partial charge in [0.2, 0.25) is 0 Å². The van der Waals surface area contributed by atoms with Gasteiger partial charge < -0.3 is 19.3 Å². The molecule has 0 aromatic heterocycles. The molecule has 1 aromatic carbocycles. The Kier molecular flexibility index (Phi) is 5.85. The van der Waals surface area contributed by atoms with Crippen LogP contribution in [0.15, 0.2) is 18.2 Å². The molecule has 1 spiro atoms. The highest BCUT2D eigenvalue weighted by atomic mass is 19.2. The van der Waals surface area contributed by atoms with Crippen molar-refractivity contribution in [3.05, 3.63) is 35.4 Å². The molecule has 3 rings (SSSR count). The van der Waals surface area contributed by atoms with E-state index in [0.29, 0.717) is 32.5 Å². The van der Waals surface area contributed by atoms with Crippen LogP contribution in [0.1, 0.15) is 50.9 Å². The van der Waals surface area contributed by atoms with Gasteiger partial charge in [0.1, 0.15) is 5.60 Å². The number of benzene rings is 1. The molecule has 6 nitrogen and oxygen atoms in total. The van der Waals surface area contributed by atoms with Gasteiger partial charge in [-0.15, -0.1) is 0 Å².